The van der Waals surface area contributed by atoms with Crippen molar-refractivity contribution >= 4 is 11.8 Å². The first-order chi connectivity index (χ1) is 6.66. The van der Waals surface area contributed by atoms with Gasteiger partial charge >= 0.3 is 0 Å². The molecule has 1 heterocycles. The van der Waals surface area contributed by atoms with Crippen molar-refractivity contribution in [1.82, 2.24) is 10.6 Å². The number of hydrogen-bond acceptors (Lipinski definition) is 3. The second-order valence-corrected chi connectivity index (χ2v) is 4.33. The van der Waals surface area contributed by atoms with Gasteiger partial charge in [-0.1, -0.05) is 13.3 Å². The van der Waals surface area contributed by atoms with Crippen molar-refractivity contribution in [3.05, 3.63) is 0 Å². The van der Waals surface area contributed by atoms with Gasteiger partial charge in [0.15, 0.2) is 0 Å². The van der Waals surface area contributed by atoms with E-state index in [1.165, 1.54) is 0 Å². The fourth-order valence-corrected chi connectivity index (χ4v) is 2.48. The fraction of sp³-hybridized carbons (Fsp3) is 0.800. The Bertz CT molecular complexity index is 277. The molecule has 4 nitrogen and oxygen atoms in total. The molecule has 2 unspecified atom stereocenters. The Morgan fingerprint density at radius 2 is 2.29 bits per heavy atom. The first kappa shape index (κ1) is 9.65. The molecule has 0 aromatic heterocycles. The lowest BCUT2D eigenvalue weighted by Crippen LogP contribution is -2.64. The maximum Gasteiger partial charge on any atom is 0.246 e. The van der Waals surface area contributed by atoms with Crippen LogP contribution in [-0.2, 0) is 9.59 Å². The van der Waals surface area contributed by atoms with Crippen molar-refractivity contribution in [2.24, 2.45) is 5.92 Å². The normalized spacial score (nSPS) is 37.6. The topological polar surface area (TPSA) is 58.2 Å². The van der Waals surface area contributed by atoms with Gasteiger partial charge in [-0.2, -0.15) is 0 Å². The molecule has 0 bridgehead atoms. The van der Waals surface area contributed by atoms with E-state index >= 15 is 0 Å². The first-order valence-electron chi connectivity index (χ1n) is 5.25. The van der Waals surface area contributed by atoms with Crippen molar-refractivity contribution in [2.45, 2.75) is 38.1 Å². The van der Waals surface area contributed by atoms with Crippen LogP contribution in [0.4, 0.5) is 0 Å². The molecule has 1 saturated heterocycles. The van der Waals surface area contributed by atoms with Crippen LogP contribution in [0.15, 0.2) is 0 Å². The van der Waals surface area contributed by atoms with Crippen LogP contribution in [-0.4, -0.2) is 23.9 Å². The average Bonchev–Trinajstić information content (AvgIpc) is 2.58. The molecule has 1 saturated carbocycles. The lowest BCUT2D eigenvalue weighted by atomic mass is 9.92. The number of rotatable bonds is 1. The molecule has 0 radical (unpaired) electrons. The molecule has 2 aliphatic rings. The molecule has 14 heavy (non-hydrogen) atoms. The second kappa shape index (κ2) is 3.35. The summed E-state index contributed by atoms with van der Waals surface area (Å²) < 4.78 is 0. The van der Waals surface area contributed by atoms with Crippen LogP contribution in [0, 0.1) is 5.92 Å². The predicted molar refractivity (Wildman–Crippen MR) is 51.5 cm³/mol. The van der Waals surface area contributed by atoms with Crippen molar-refractivity contribution in [2.75, 3.05) is 6.54 Å². The summed E-state index contributed by atoms with van der Waals surface area (Å²) in [5.41, 5.74) is -0.436. The highest BCUT2D eigenvalue weighted by Crippen LogP contribution is 2.37. The molecule has 2 amide bonds. The summed E-state index contributed by atoms with van der Waals surface area (Å²) in [6, 6.07) is 0. The molecule has 0 aromatic rings. The number of carbonyl (C=O) groups excluding carboxylic acids is 2. The van der Waals surface area contributed by atoms with Crippen molar-refractivity contribution in [3.63, 3.8) is 0 Å². The summed E-state index contributed by atoms with van der Waals surface area (Å²) in [5, 5.41) is 5.51. The van der Waals surface area contributed by atoms with Crippen molar-refractivity contribution in [3.8, 4) is 0 Å². The van der Waals surface area contributed by atoms with E-state index in [2.05, 4.69) is 17.6 Å². The van der Waals surface area contributed by atoms with Gasteiger partial charge < -0.3 is 0 Å². The summed E-state index contributed by atoms with van der Waals surface area (Å²) in [6.07, 6.45) is 3.95. The van der Waals surface area contributed by atoms with E-state index in [4.69, 9.17) is 0 Å². The van der Waals surface area contributed by atoms with E-state index in [-0.39, 0.29) is 18.4 Å². The van der Waals surface area contributed by atoms with E-state index in [0.29, 0.717) is 5.92 Å². The van der Waals surface area contributed by atoms with Crippen molar-refractivity contribution < 1.29 is 9.59 Å². The number of nitrogens with one attached hydrogen (secondary N) is 2. The van der Waals surface area contributed by atoms with Crippen molar-refractivity contribution in [1.29, 1.82) is 0 Å². The van der Waals surface area contributed by atoms with E-state index in [1.54, 1.807) is 0 Å². The highest BCUT2D eigenvalue weighted by molar-refractivity contribution is 6.03. The van der Waals surface area contributed by atoms with Crippen LogP contribution >= 0.6 is 0 Å². The maximum atomic E-state index is 11.7. The number of piperazine rings is 1. The minimum Gasteiger partial charge on any atom is -0.295 e. The minimum atomic E-state index is -0.436. The molecule has 2 rings (SSSR count). The third-order valence-corrected chi connectivity index (χ3v) is 3.47. The summed E-state index contributed by atoms with van der Waals surface area (Å²) in [4.78, 5) is 22.7. The monoisotopic (exact) mass is 196 g/mol. The molecule has 1 spiro atoms. The number of carbonyl (C=O) groups is 2. The molecule has 1 aliphatic heterocycles. The third kappa shape index (κ3) is 1.43. The Balaban J connectivity index is 2.10. The zero-order chi connectivity index (χ0) is 10.2. The van der Waals surface area contributed by atoms with Crippen LogP contribution < -0.4 is 10.6 Å². The van der Waals surface area contributed by atoms with Gasteiger partial charge in [0.1, 0.15) is 0 Å². The molecular formula is C10H16N2O2. The molecule has 4 heteroatoms. The third-order valence-electron chi connectivity index (χ3n) is 3.47. The van der Waals surface area contributed by atoms with Gasteiger partial charge in [-0.15, -0.1) is 0 Å². The van der Waals surface area contributed by atoms with Gasteiger partial charge in [-0.05, 0) is 25.2 Å². The molecule has 2 fully saturated rings. The second-order valence-electron chi connectivity index (χ2n) is 4.33. The molecular weight excluding hydrogens is 180 g/mol. The van der Waals surface area contributed by atoms with E-state index in [9.17, 15) is 9.59 Å². The zero-order valence-corrected chi connectivity index (χ0v) is 8.43. The van der Waals surface area contributed by atoms with Crippen LogP contribution in [0.2, 0.25) is 0 Å². The van der Waals surface area contributed by atoms with Crippen LogP contribution in [0.5, 0.6) is 0 Å². The van der Waals surface area contributed by atoms with Gasteiger partial charge in [-0.3, -0.25) is 20.2 Å². The molecule has 0 aromatic carbocycles. The van der Waals surface area contributed by atoms with Gasteiger partial charge in [-0.25, -0.2) is 0 Å². The van der Waals surface area contributed by atoms with E-state index in [1.807, 2.05) is 0 Å². The SMILES string of the molecule is CCC1CCC2(C1)NCC(=O)NC2=O. The highest BCUT2D eigenvalue weighted by atomic mass is 16.2. The van der Waals surface area contributed by atoms with E-state index in [0.717, 1.165) is 25.7 Å². The zero-order valence-electron chi connectivity index (χ0n) is 8.43. The molecule has 1 aliphatic carbocycles. The Morgan fingerprint density at radius 3 is 2.86 bits per heavy atom. The lowest BCUT2D eigenvalue weighted by Gasteiger charge is -2.32. The van der Waals surface area contributed by atoms with E-state index < -0.39 is 5.54 Å². The Morgan fingerprint density at radius 1 is 1.50 bits per heavy atom. The summed E-state index contributed by atoms with van der Waals surface area (Å²) in [7, 11) is 0. The average molecular weight is 196 g/mol. The number of imide groups is 1. The molecule has 2 atom stereocenters. The Hall–Kier alpha value is -0.900. The van der Waals surface area contributed by atoms with Crippen LogP contribution in [0.25, 0.3) is 0 Å². The maximum absolute atomic E-state index is 11.7. The number of hydrogen-bond donors (Lipinski definition) is 2. The van der Waals surface area contributed by atoms with Crippen LogP contribution in [0.1, 0.15) is 32.6 Å². The standard InChI is InChI=1S/C10H16N2O2/c1-2-7-3-4-10(5-7)9(14)12-8(13)6-11-10/h7,11H,2-6H2,1H3,(H,12,13,14). The molecule has 2 N–H and O–H groups in total. The summed E-state index contributed by atoms with van der Waals surface area (Å²) in [5.74, 6) is 0.298. The predicted octanol–water partition coefficient (Wildman–Crippen LogP) is 0.181. The van der Waals surface area contributed by atoms with Gasteiger partial charge in [0, 0.05) is 0 Å². The Labute approximate surface area is 83.4 Å². The summed E-state index contributed by atoms with van der Waals surface area (Å²) >= 11 is 0. The number of amides is 2. The first-order valence-corrected chi connectivity index (χ1v) is 5.25. The van der Waals surface area contributed by atoms with Gasteiger partial charge in [0.2, 0.25) is 11.8 Å². The lowest BCUT2D eigenvalue weighted by molar-refractivity contribution is -0.138. The van der Waals surface area contributed by atoms with Gasteiger partial charge in [0.05, 0.1) is 12.1 Å². The Kier molecular flexibility index (Phi) is 2.31. The largest absolute Gasteiger partial charge is 0.295 e. The quantitative estimate of drug-likeness (QED) is 0.588. The van der Waals surface area contributed by atoms with Crippen LogP contribution in [0.3, 0.4) is 0 Å². The molecule has 78 valence electrons. The smallest absolute Gasteiger partial charge is 0.246 e. The summed E-state index contributed by atoms with van der Waals surface area (Å²) in [6.45, 7) is 2.43. The fourth-order valence-electron chi connectivity index (χ4n) is 2.48. The highest BCUT2D eigenvalue weighted by Gasteiger charge is 2.47. The minimum absolute atomic E-state index is 0.121. The van der Waals surface area contributed by atoms with Gasteiger partial charge in [0.25, 0.3) is 0 Å².